The number of hydrogen-bond acceptors (Lipinski definition) is 1. The Hall–Kier alpha value is -0.300. The Bertz CT molecular complexity index is 97.0. The molecule has 0 amide bonds. The van der Waals surface area contributed by atoms with Crippen molar-refractivity contribution in [1.82, 2.24) is 4.90 Å². The number of likely N-dealkylation sites (N-methyl/N-ethyl adjacent to an activating group) is 1. The predicted molar refractivity (Wildman–Crippen MR) is 51.8 cm³/mol. The molecule has 0 spiro atoms. The lowest BCUT2D eigenvalue weighted by molar-refractivity contribution is 0.319. The van der Waals surface area contributed by atoms with Gasteiger partial charge in [0.15, 0.2) is 0 Å². The largest absolute Gasteiger partial charge is 0.300 e. The summed E-state index contributed by atoms with van der Waals surface area (Å²) in [7, 11) is 0. The van der Waals surface area contributed by atoms with Crippen LogP contribution in [0.4, 0.5) is 0 Å². The van der Waals surface area contributed by atoms with E-state index in [1.165, 1.54) is 19.5 Å². The topological polar surface area (TPSA) is 3.24 Å². The molecule has 0 N–H and O–H groups in total. The van der Waals surface area contributed by atoms with Gasteiger partial charge in [0.2, 0.25) is 0 Å². The van der Waals surface area contributed by atoms with Crippen LogP contribution in [0.3, 0.4) is 0 Å². The first-order chi connectivity index (χ1) is 5.35. The fourth-order valence-electron chi connectivity index (χ4n) is 1.09. The second-order valence-electron chi connectivity index (χ2n) is 2.77. The van der Waals surface area contributed by atoms with E-state index < -0.39 is 0 Å². The minimum absolute atomic E-state index is 1.12. The molecular weight excluding hydrogens is 134 g/mol. The first-order valence-electron chi connectivity index (χ1n) is 4.72. The highest BCUT2D eigenvalue weighted by Gasteiger charge is 1.95. The molecule has 0 aromatic heterocycles. The van der Waals surface area contributed by atoms with Gasteiger partial charge in [-0.3, -0.25) is 4.90 Å². The summed E-state index contributed by atoms with van der Waals surface area (Å²) >= 11 is 0. The zero-order valence-corrected chi connectivity index (χ0v) is 8.14. The highest BCUT2D eigenvalue weighted by Crippen LogP contribution is 1.91. The summed E-state index contributed by atoms with van der Waals surface area (Å²) in [5.74, 6) is 0. The van der Waals surface area contributed by atoms with E-state index in [1.807, 2.05) is 0 Å². The van der Waals surface area contributed by atoms with Crippen LogP contribution in [-0.2, 0) is 0 Å². The van der Waals surface area contributed by atoms with Crippen LogP contribution in [0.1, 0.15) is 33.6 Å². The van der Waals surface area contributed by atoms with E-state index in [4.69, 9.17) is 0 Å². The predicted octanol–water partition coefficient (Wildman–Crippen LogP) is 2.68. The standard InChI is InChI=1S/C10H21N/c1-4-7-8-10-11(6-3)9-5-2/h7-8H,4-6,9-10H2,1-3H3. The van der Waals surface area contributed by atoms with Crippen LogP contribution in [-0.4, -0.2) is 24.5 Å². The van der Waals surface area contributed by atoms with Gasteiger partial charge in [-0.25, -0.2) is 0 Å². The molecule has 0 aromatic carbocycles. The van der Waals surface area contributed by atoms with Gasteiger partial charge in [-0.15, -0.1) is 0 Å². The van der Waals surface area contributed by atoms with Crippen LogP contribution in [0.25, 0.3) is 0 Å². The summed E-state index contributed by atoms with van der Waals surface area (Å²) < 4.78 is 0. The van der Waals surface area contributed by atoms with E-state index in [1.54, 1.807) is 0 Å². The van der Waals surface area contributed by atoms with E-state index in [9.17, 15) is 0 Å². The van der Waals surface area contributed by atoms with Gasteiger partial charge in [-0.05, 0) is 25.9 Å². The first-order valence-corrected chi connectivity index (χ1v) is 4.72. The molecule has 1 heteroatoms. The molecule has 1 nitrogen and oxygen atoms in total. The number of rotatable bonds is 6. The van der Waals surface area contributed by atoms with Gasteiger partial charge in [0, 0.05) is 6.54 Å². The first kappa shape index (κ1) is 10.7. The molecule has 0 saturated carbocycles. The van der Waals surface area contributed by atoms with Crippen molar-refractivity contribution in [1.29, 1.82) is 0 Å². The summed E-state index contributed by atoms with van der Waals surface area (Å²) in [5.41, 5.74) is 0. The van der Waals surface area contributed by atoms with Crippen molar-refractivity contribution in [2.24, 2.45) is 0 Å². The maximum absolute atomic E-state index is 2.45. The lowest BCUT2D eigenvalue weighted by Crippen LogP contribution is -2.23. The Labute approximate surface area is 71.1 Å². The van der Waals surface area contributed by atoms with Gasteiger partial charge in [0.1, 0.15) is 0 Å². The second-order valence-corrected chi connectivity index (χ2v) is 2.77. The monoisotopic (exact) mass is 155 g/mol. The number of allylic oxidation sites excluding steroid dienone is 1. The maximum Gasteiger partial charge on any atom is 0.0163 e. The molecule has 0 bridgehead atoms. The van der Waals surface area contributed by atoms with Crippen molar-refractivity contribution in [3.05, 3.63) is 12.2 Å². The van der Waals surface area contributed by atoms with Gasteiger partial charge in [0.05, 0.1) is 0 Å². The van der Waals surface area contributed by atoms with E-state index in [-0.39, 0.29) is 0 Å². The van der Waals surface area contributed by atoms with Crippen molar-refractivity contribution in [3.8, 4) is 0 Å². The molecule has 0 aliphatic rings. The molecule has 0 rings (SSSR count). The Balaban J connectivity index is 3.42. The molecular formula is C10H21N. The minimum atomic E-state index is 1.12. The van der Waals surface area contributed by atoms with E-state index >= 15 is 0 Å². The fraction of sp³-hybridized carbons (Fsp3) is 0.800. The minimum Gasteiger partial charge on any atom is -0.300 e. The normalized spacial score (nSPS) is 11.6. The highest BCUT2D eigenvalue weighted by molar-refractivity contribution is 4.83. The van der Waals surface area contributed by atoms with Gasteiger partial charge in [-0.2, -0.15) is 0 Å². The van der Waals surface area contributed by atoms with Gasteiger partial charge < -0.3 is 0 Å². The van der Waals surface area contributed by atoms with Crippen molar-refractivity contribution < 1.29 is 0 Å². The molecule has 0 heterocycles. The third-order valence-corrected chi connectivity index (χ3v) is 1.75. The second kappa shape index (κ2) is 7.80. The summed E-state index contributed by atoms with van der Waals surface area (Å²) in [6.45, 7) is 10.1. The molecule has 0 saturated heterocycles. The number of hydrogen-bond donors (Lipinski definition) is 0. The molecule has 0 fully saturated rings. The van der Waals surface area contributed by atoms with E-state index in [0.29, 0.717) is 0 Å². The molecule has 0 unspecified atom stereocenters. The summed E-state index contributed by atoms with van der Waals surface area (Å²) in [6, 6.07) is 0. The summed E-state index contributed by atoms with van der Waals surface area (Å²) in [5, 5.41) is 0. The van der Waals surface area contributed by atoms with E-state index in [0.717, 1.165) is 13.0 Å². The zero-order chi connectivity index (χ0) is 8.53. The van der Waals surface area contributed by atoms with Gasteiger partial charge in [0.25, 0.3) is 0 Å². The number of nitrogens with zero attached hydrogens (tertiary/aromatic N) is 1. The van der Waals surface area contributed by atoms with Gasteiger partial charge >= 0.3 is 0 Å². The average molecular weight is 155 g/mol. The molecule has 0 aliphatic heterocycles. The smallest absolute Gasteiger partial charge is 0.0163 e. The lowest BCUT2D eigenvalue weighted by Gasteiger charge is -2.16. The quantitative estimate of drug-likeness (QED) is 0.533. The molecule has 11 heavy (non-hydrogen) atoms. The molecule has 0 radical (unpaired) electrons. The van der Waals surface area contributed by atoms with Crippen molar-refractivity contribution in [2.75, 3.05) is 19.6 Å². The fourth-order valence-corrected chi connectivity index (χ4v) is 1.09. The van der Waals surface area contributed by atoms with Crippen molar-refractivity contribution in [3.63, 3.8) is 0 Å². The maximum atomic E-state index is 2.45. The van der Waals surface area contributed by atoms with E-state index in [2.05, 4.69) is 37.8 Å². The Kier molecular flexibility index (Phi) is 7.59. The Morgan fingerprint density at radius 1 is 1.09 bits per heavy atom. The highest BCUT2D eigenvalue weighted by atomic mass is 15.1. The van der Waals surface area contributed by atoms with Gasteiger partial charge in [-0.1, -0.05) is 32.9 Å². The summed E-state index contributed by atoms with van der Waals surface area (Å²) in [6.07, 6.45) is 6.91. The van der Waals surface area contributed by atoms with Crippen molar-refractivity contribution in [2.45, 2.75) is 33.6 Å². The van der Waals surface area contributed by atoms with Crippen LogP contribution in [0.15, 0.2) is 12.2 Å². The van der Waals surface area contributed by atoms with Crippen LogP contribution in [0.5, 0.6) is 0 Å². The molecule has 0 atom stereocenters. The van der Waals surface area contributed by atoms with Crippen molar-refractivity contribution >= 4 is 0 Å². The molecule has 0 aromatic rings. The summed E-state index contributed by atoms with van der Waals surface area (Å²) in [4.78, 5) is 2.45. The van der Waals surface area contributed by atoms with Crippen LogP contribution < -0.4 is 0 Å². The van der Waals surface area contributed by atoms with Crippen LogP contribution in [0, 0.1) is 0 Å². The van der Waals surface area contributed by atoms with Crippen LogP contribution >= 0.6 is 0 Å². The zero-order valence-electron chi connectivity index (χ0n) is 8.14. The van der Waals surface area contributed by atoms with Crippen LogP contribution in [0.2, 0.25) is 0 Å². The average Bonchev–Trinajstić information content (AvgIpc) is 2.03. The lowest BCUT2D eigenvalue weighted by atomic mass is 10.3. The third kappa shape index (κ3) is 6.11. The third-order valence-electron chi connectivity index (χ3n) is 1.75. The SMILES string of the molecule is CCC=CCN(CC)CCC. The molecule has 0 aliphatic carbocycles. The molecule has 66 valence electrons. The Morgan fingerprint density at radius 3 is 2.27 bits per heavy atom. The Morgan fingerprint density at radius 2 is 1.82 bits per heavy atom.